The van der Waals surface area contributed by atoms with Gasteiger partial charge in [-0.05, 0) is 62.3 Å². The Balaban J connectivity index is 1.44. The summed E-state index contributed by atoms with van der Waals surface area (Å²) in [5.41, 5.74) is 20.6. The van der Waals surface area contributed by atoms with E-state index in [0.717, 1.165) is 36.8 Å². The number of carbonyl (C=O) groups is 1. The Labute approximate surface area is 220 Å². The van der Waals surface area contributed by atoms with Crippen LogP contribution in [0.4, 0.5) is 11.8 Å². The van der Waals surface area contributed by atoms with Crippen LogP contribution in [-0.2, 0) is 11.2 Å². The fourth-order valence-corrected chi connectivity index (χ4v) is 5.31. The third-order valence-electron chi connectivity index (χ3n) is 7.18. The quantitative estimate of drug-likeness (QED) is 0.247. The van der Waals surface area contributed by atoms with Crippen LogP contribution in [-0.4, -0.2) is 32.4 Å². The fraction of sp³-hybridized carbons (Fsp3) is 0.333. The first-order valence-electron chi connectivity index (χ1n) is 12.5. The Bertz CT molecular complexity index is 1400. The van der Waals surface area contributed by atoms with Gasteiger partial charge < -0.3 is 27.5 Å². The standard InChI is InChI=1S/C27H31ClN8O/c28-23-22(18-10-11-19-20(13-18)33-27(31)36-24(19)30)34-25(35-23)21(12-15-4-2-1-3-5-15)32-26(37)17-8-6-16(14-29)7-9-17/h1-5,10-11,13,16-17,21H,6-9,12,14,29H2,(H,32,37)(H,34,35)(H4,30,31,33,36). The van der Waals surface area contributed by atoms with Gasteiger partial charge in [-0.15, -0.1) is 0 Å². The molecule has 37 heavy (non-hydrogen) atoms. The smallest absolute Gasteiger partial charge is 0.223 e. The molecule has 1 aliphatic rings. The normalized spacial score (nSPS) is 18.5. The van der Waals surface area contributed by atoms with Gasteiger partial charge in [0.2, 0.25) is 11.9 Å². The second kappa shape index (κ2) is 10.7. The minimum absolute atomic E-state index is 0.0259. The van der Waals surface area contributed by atoms with E-state index < -0.39 is 0 Å². The van der Waals surface area contributed by atoms with Gasteiger partial charge in [-0.1, -0.05) is 48.0 Å². The van der Waals surface area contributed by atoms with E-state index in [1.807, 2.05) is 48.5 Å². The summed E-state index contributed by atoms with van der Waals surface area (Å²) in [5, 5.41) is 4.32. The van der Waals surface area contributed by atoms with Crippen molar-refractivity contribution in [2.75, 3.05) is 18.0 Å². The Hall–Kier alpha value is -3.69. The van der Waals surface area contributed by atoms with E-state index in [-0.39, 0.29) is 23.8 Å². The first-order chi connectivity index (χ1) is 17.9. The SMILES string of the molecule is NCC1CCC(C(=O)NC(Cc2ccccc2)c2nc(-c3ccc4c(N)nc(N)nc4c3)c(Cl)[nH]2)CC1. The molecule has 0 aliphatic heterocycles. The highest BCUT2D eigenvalue weighted by molar-refractivity contribution is 6.32. The van der Waals surface area contributed by atoms with Crippen molar-refractivity contribution >= 4 is 40.2 Å². The number of nitrogen functional groups attached to an aromatic ring is 2. The molecule has 1 aliphatic carbocycles. The zero-order valence-electron chi connectivity index (χ0n) is 20.5. The van der Waals surface area contributed by atoms with Gasteiger partial charge in [0.1, 0.15) is 22.5 Å². The number of halogens is 1. The number of aromatic nitrogens is 4. The number of fused-ring (bicyclic) bond motifs is 1. The first-order valence-corrected chi connectivity index (χ1v) is 12.9. The molecule has 1 fully saturated rings. The Kier molecular flexibility index (Phi) is 7.25. The lowest BCUT2D eigenvalue weighted by molar-refractivity contribution is -0.127. The molecule has 0 bridgehead atoms. The highest BCUT2D eigenvalue weighted by Crippen LogP contribution is 2.33. The molecule has 0 radical (unpaired) electrons. The molecule has 2 aromatic heterocycles. The summed E-state index contributed by atoms with van der Waals surface area (Å²) in [6.07, 6.45) is 4.23. The number of H-pyrrole nitrogens is 1. The third kappa shape index (κ3) is 5.52. The minimum Gasteiger partial charge on any atom is -0.383 e. The van der Waals surface area contributed by atoms with Crippen LogP contribution >= 0.6 is 11.6 Å². The summed E-state index contributed by atoms with van der Waals surface area (Å²) in [6, 6.07) is 15.2. The van der Waals surface area contributed by atoms with Crippen LogP contribution in [0.3, 0.4) is 0 Å². The molecular weight excluding hydrogens is 488 g/mol. The summed E-state index contributed by atoms with van der Waals surface area (Å²) >= 11 is 6.63. The maximum absolute atomic E-state index is 13.3. The zero-order chi connectivity index (χ0) is 25.9. The summed E-state index contributed by atoms with van der Waals surface area (Å²) in [5.74, 6) is 1.53. The van der Waals surface area contributed by atoms with E-state index in [1.165, 1.54) is 0 Å². The average Bonchev–Trinajstić information content (AvgIpc) is 3.30. The maximum Gasteiger partial charge on any atom is 0.223 e. The van der Waals surface area contributed by atoms with Crippen molar-refractivity contribution in [3.63, 3.8) is 0 Å². The number of nitrogens with zero attached hydrogens (tertiary/aromatic N) is 3. The highest BCUT2D eigenvalue weighted by atomic mass is 35.5. The zero-order valence-corrected chi connectivity index (χ0v) is 21.2. The predicted molar refractivity (Wildman–Crippen MR) is 146 cm³/mol. The average molecular weight is 519 g/mol. The summed E-state index contributed by atoms with van der Waals surface area (Å²) in [7, 11) is 0. The number of anilines is 2. The molecule has 9 nitrogen and oxygen atoms in total. The van der Waals surface area contributed by atoms with Gasteiger partial charge in [0.15, 0.2) is 0 Å². The minimum atomic E-state index is -0.373. The number of carbonyl (C=O) groups excluding carboxylic acids is 1. The monoisotopic (exact) mass is 518 g/mol. The third-order valence-corrected chi connectivity index (χ3v) is 7.45. The molecule has 1 atom stereocenters. The molecule has 192 valence electrons. The van der Waals surface area contributed by atoms with E-state index in [1.54, 1.807) is 0 Å². The van der Waals surface area contributed by atoms with Crippen molar-refractivity contribution in [1.29, 1.82) is 0 Å². The molecule has 1 unspecified atom stereocenters. The van der Waals surface area contributed by atoms with E-state index in [4.69, 9.17) is 33.8 Å². The lowest BCUT2D eigenvalue weighted by Crippen LogP contribution is -2.37. The van der Waals surface area contributed by atoms with Crippen LogP contribution in [0, 0.1) is 11.8 Å². The van der Waals surface area contributed by atoms with Crippen molar-refractivity contribution in [2.45, 2.75) is 38.1 Å². The number of aromatic amines is 1. The van der Waals surface area contributed by atoms with Crippen molar-refractivity contribution in [1.82, 2.24) is 25.3 Å². The van der Waals surface area contributed by atoms with Gasteiger partial charge in [-0.25, -0.2) is 9.97 Å². The Morgan fingerprint density at radius 2 is 1.81 bits per heavy atom. The molecule has 1 amide bonds. The molecule has 2 aromatic carbocycles. The molecule has 0 saturated heterocycles. The number of hydrogen-bond donors (Lipinski definition) is 5. The molecule has 5 rings (SSSR count). The number of nitrogens with two attached hydrogens (primary N) is 3. The van der Waals surface area contributed by atoms with Crippen molar-refractivity contribution in [3.8, 4) is 11.3 Å². The van der Waals surface area contributed by atoms with Gasteiger partial charge in [0, 0.05) is 16.9 Å². The number of nitrogens with one attached hydrogen (secondary N) is 2. The first kappa shape index (κ1) is 25.0. The number of rotatable bonds is 7. The largest absolute Gasteiger partial charge is 0.383 e. The second-order valence-electron chi connectivity index (χ2n) is 9.69. The lowest BCUT2D eigenvalue weighted by atomic mass is 9.81. The van der Waals surface area contributed by atoms with Crippen LogP contribution in [0.25, 0.3) is 22.2 Å². The topological polar surface area (TPSA) is 162 Å². The van der Waals surface area contributed by atoms with Crippen LogP contribution in [0.15, 0.2) is 48.5 Å². The fourth-order valence-electron chi connectivity index (χ4n) is 5.06. The van der Waals surface area contributed by atoms with Gasteiger partial charge in [-0.3, -0.25) is 4.79 Å². The second-order valence-corrected chi connectivity index (χ2v) is 10.1. The van der Waals surface area contributed by atoms with Crippen LogP contribution in [0.1, 0.15) is 43.1 Å². The highest BCUT2D eigenvalue weighted by Gasteiger charge is 2.29. The Morgan fingerprint density at radius 1 is 1.05 bits per heavy atom. The van der Waals surface area contributed by atoms with Gasteiger partial charge in [0.05, 0.1) is 11.6 Å². The van der Waals surface area contributed by atoms with Crippen LogP contribution < -0.4 is 22.5 Å². The summed E-state index contributed by atoms with van der Waals surface area (Å²) < 4.78 is 0. The van der Waals surface area contributed by atoms with Crippen molar-refractivity contribution < 1.29 is 4.79 Å². The molecule has 8 N–H and O–H groups in total. The Morgan fingerprint density at radius 3 is 2.54 bits per heavy atom. The van der Waals surface area contributed by atoms with E-state index in [9.17, 15) is 4.79 Å². The van der Waals surface area contributed by atoms with Gasteiger partial charge >= 0.3 is 0 Å². The lowest BCUT2D eigenvalue weighted by Gasteiger charge is -2.28. The number of benzene rings is 2. The van der Waals surface area contributed by atoms with Crippen molar-refractivity contribution in [3.05, 3.63) is 65.1 Å². The number of imidazole rings is 1. The van der Waals surface area contributed by atoms with Crippen LogP contribution in [0.5, 0.6) is 0 Å². The summed E-state index contributed by atoms with van der Waals surface area (Å²) in [6.45, 7) is 0.679. The molecule has 0 spiro atoms. The van der Waals surface area contributed by atoms with E-state index in [0.29, 0.717) is 52.3 Å². The molecule has 10 heteroatoms. The summed E-state index contributed by atoms with van der Waals surface area (Å²) in [4.78, 5) is 29.6. The van der Waals surface area contributed by atoms with Crippen molar-refractivity contribution in [2.24, 2.45) is 17.6 Å². The van der Waals surface area contributed by atoms with Gasteiger partial charge in [0.25, 0.3) is 0 Å². The number of hydrogen-bond acceptors (Lipinski definition) is 7. The predicted octanol–water partition coefficient (Wildman–Crippen LogP) is 4.00. The van der Waals surface area contributed by atoms with Crippen LogP contribution in [0.2, 0.25) is 5.15 Å². The molecule has 2 heterocycles. The molecule has 4 aromatic rings. The number of amides is 1. The molecular formula is C27H31ClN8O. The van der Waals surface area contributed by atoms with E-state index in [2.05, 4.69) is 20.3 Å². The van der Waals surface area contributed by atoms with Gasteiger partial charge in [-0.2, -0.15) is 4.98 Å². The maximum atomic E-state index is 13.3. The molecule has 1 saturated carbocycles. The van der Waals surface area contributed by atoms with E-state index >= 15 is 0 Å².